The fourth-order valence-electron chi connectivity index (χ4n) is 8.30. The minimum Gasteiger partial charge on any atom is -0.490 e. The molecular weight excluding hydrogens is 1120 g/mol. The summed E-state index contributed by atoms with van der Waals surface area (Å²) in [5.41, 5.74) is 5.52. The molecule has 4 atom stereocenters. The molecule has 2 saturated heterocycles. The zero-order valence-electron chi connectivity index (χ0n) is 45.2. The van der Waals surface area contributed by atoms with E-state index in [1.54, 1.807) is 22.2 Å². The number of aliphatic hydroxyl groups is 2. The van der Waals surface area contributed by atoms with E-state index in [0.29, 0.717) is 51.2 Å². The molecule has 0 radical (unpaired) electrons. The summed E-state index contributed by atoms with van der Waals surface area (Å²) in [7, 11) is 0. The van der Waals surface area contributed by atoms with Gasteiger partial charge in [-0.15, -0.1) is 0 Å². The summed E-state index contributed by atoms with van der Waals surface area (Å²) < 4.78 is 25.2. The second kappa shape index (κ2) is 27.5. The van der Waals surface area contributed by atoms with Crippen molar-refractivity contribution in [1.82, 2.24) is 19.8 Å². The average molecular weight is 1190 g/mol. The van der Waals surface area contributed by atoms with E-state index in [1.807, 2.05) is 163 Å². The number of pyridine rings is 2. The zero-order chi connectivity index (χ0) is 54.2. The fourth-order valence-corrected chi connectivity index (χ4v) is 11.7. The number of hydrogen-bond donors (Lipinski definition) is 2. The van der Waals surface area contributed by atoms with Gasteiger partial charge in [-0.1, -0.05) is 113 Å². The molecule has 2 fully saturated rings. The first-order valence-electron chi connectivity index (χ1n) is 26.0. The molecule has 4 aromatic carbocycles. The molecule has 400 valence electrons. The Kier molecular flexibility index (Phi) is 21.6. The number of nitrogens with zero attached hydrogens (tertiary/aromatic N) is 4. The van der Waals surface area contributed by atoms with Crippen LogP contribution in [0, 0.1) is 0 Å². The van der Waals surface area contributed by atoms with Gasteiger partial charge in [0.05, 0.1) is 24.4 Å². The predicted octanol–water partition coefficient (Wildman–Crippen LogP) is 11.9. The summed E-state index contributed by atoms with van der Waals surface area (Å²) in [6, 6.07) is 40.5. The molecule has 2 aliphatic rings. The van der Waals surface area contributed by atoms with E-state index in [2.05, 4.69) is 52.8 Å². The van der Waals surface area contributed by atoms with Gasteiger partial charge in [0.25, 0.3) is 0 Å². The van der Waals surface area contributed by atoms with Crippen LogP contribution < -0.4 is 13.1 Å². The van der Waals surface area contributed by atoms with Gasteiger partial charge < -0.3 is 24.6 Å². The van der Waals surface area contributed by atoms with Crippen LogP contribution in [-0.4, -0.2) is 122 Å². The Labute approximate surface area is 457 Å². The van der Waals surface area contributed by atoms with Crippen molar-refractivity contribution in [1.29, 1.82) is 0 Å². The van der Waals surface area contributed by atoms with Crippen LogP contribution in [0.5, 0.6) is 11.5 Å². The quantitative estimate of drug-likeness (QED) is 0.0899. The summed E-state index contributed by atoms with van der Waals surface area (Å²) in [6.45, 7) is 13.6. The Morgan fingerprint density at radius 3 is 1.47 bits per heavy atom. The third-order valence-electron chi connectivity index (χ3n) is 12.4. The Bertz CT molecular complexity index is 2730. The van der Waals surface area contributed by atoms with Crippen LogP contribution in [0.1, 0.15) is 76.6 Å². The molecule has 12 nitrogen and oxygen atoms in total. The van der Waals surface area contributed by atoms with Gasteiger partial charge in [0.15, 0.2) is 0 Å². The van der Waals surface area contributed by atoms with Crippen LogP contribution in [-0.2, 0) is 35.2 Å². The normalized spacial score (nSPS) is 16.1. The molecule has 2 N–H and O–H groups in total. The topological polar surface area (TPSA) is 144 Å². The number of rotatable bonds is 16. The maximum atomic E-state index is 12.3. The van der Waals surface area contributed by atoms with Gasteiger partial charge in [-0.25, -0.2) is 4.79 Å². The van der Waals surface area contributed by atoms with E-state index in [4.69, 9.17) is 18.9 Å². The first kappa shape index (κ1) is 58.8. The number of halogens is 1. The molecule has 4 heterocycles. The smallest absolute Gasteiger partial charge is 0.410 e. The number of aliphatic hydroxyl groups excluding tert-OH is 2. The second-order valence-corrected chi connectivity index (χ2v) is 37.8. The number of aromatic nitrogens is 2. The number of benzene rings is 4. The van der Waals surface area contributed by atoms with E-state index in [9.17, 15) is 19.8 Å². The molecule has 0 bridgehead atoms. The van der Waals surface area contributed by atoms with Gasteiger partial charge >= 0.3 is 149 Å². The van der Waals surface area contributed by atoms with Crippen LogP contribution in [0.4, 0.5) is 9.59 Å². The Hall–Kier alpha value is -5.48. The van der Waals surface area contributed by atoms with E-state index < -0.39 is 35.7 Å². The number of hydrogen-bond acceptors (Lipinski definition) is 10. The van der Waals surface area contributed by atoms with Gasteiger partial charge in [-0.3, -0.25) is 4.98 Å². The summed E-state index contributed by atoms with van der Waals surface area (Å²) in [6.07, 6.45) is 10.3. The minimum absolute atomic E-state index is 0.00272. The molecule has 2 aromatic heterocycles. The van der Waals surface area contributed by atoms with Crippen molar-refractivity contribution < 1.29 is 38.7 Å². The first-order chi connectivity index (χ1) is 35.6. The van der Waals surface area contributed by atoms with Crippen molar-refractivity contribution in [2.24, 2.45) is 0 Å². The van der Waals surface area contributed by atoms with E-state index in [1.165, 1.54) is 9.14 Å². The molecular formula is C61H77BrN4O8Sn. The van der Waals surface area contributed by atoms with E-state index >= 15 is 0 Å². The Morgan fingerprint density at radius 2 is 1.01 bits per heavy atom. The molecule has 6 aromatic rings. The standard InChI is InChI=1S/C29H34N2O4.C15H15BrO.C14H19N2O3.3CH3.Sn/c1-29(2,3)35-28(33)31-13-12-25(31)20-34-27-17-24(18-30-19-27)23-11-7-10-22(14-23)16-26(32)15-21-8-5-4-6-9-21;16-14-8-4-7-13(9-14)11-15(17)10-12-5-2-1-3-6-12;1-14(2,3)19-13(17)16-8-6-11(16)10-18-12-5-4-7-15-9-12;;;;/h4-11,14,17-19,25-26,32H,12-13,15-16,20H2,1-3H3;1-9,15,17H,10-11H2;5,7,9,11H,6,8,10H2,1-3H3;3*1H3;/t25-,26+;15-;11-;;;;/m010..../s1. The van der Waals surface area contributed by atoms with Crippen LogP contribution in [0.3, 0.4) is 0 Å². The molecule has 8 rings (SSSR count). The van der Waals surface area contributed by atoms with Crippen molar-refractivity contribution in [3.63, 3.8) is 0 Å². The molecule has 0 spiro atoms. The Balaban J connectivity index is 0.000000197. The summed E-state index contributed by atoms with van der Waals surface area (Å²) in [5, 5.41) is 20.6. The third kappa shape index (κ3) is 20.2. The summed E-state index contributed by atoms with van der Waals surface area (Å²) in [4.78, 5) is 43.6. The molecule has 2 amide bonds. The number of carbonyl (C=O) groups is 2. The average Bonchev–Trinajstić information content (AvgIpc) is 3.31. The third-order valence-corrected chi connectivity index (χ3v) is 18.7. The molecule has 75 heavy (non-hydrogen) atoms. The van der Waals surface area contributed by atoms with Crippen molar-refractivity contribution >= 4 is 50.1 Å². The monoisotopic (exact) mass is 1190 g/mol. The van der Waals surface area contributed by atoms with E-state index in [-0.39, 0.29) is 30.4 Å². The largest absolute Gasteiger partial charge is 0.490 e. The van der Waals surface area contributed by atoms with Gasteiger partial charge in [0.2, 0.25) is 0 Å². The van der Waals surface area contributed by atoms with E-state index in [0.717, 1.165) is 57.4 Å². The number of ether oxygens (including phenoxy) is 4. The number of carbonyl (C=O) groups excluding carboxylic acids is 2. The molecule has 14 heteroatoms. The van der Waals surface area contributed by atoms with Crippen molar-refractivity contribution in [2.75, 3.05) is 26.3 Å². The van der Waals surface area contributed by atoms with Crippen molar-refractivity contribution in [3.8, 4) is 22.6 Å². The van der Waals surface area contributed by atoms with Crippen LogP contribution >= 0.6 is 15.9 Å². The molecule has 2 aliphatic heterocycles. The molecule has 0 saturated carbocycles. The van der Waals surface area contributed by atoms with Gasteiger partial charge in [-0.05, 0) is 98.9 Å². The summed E-state index contributed by atoms with van der Waals surface area (Å²) in [5.74, 6) is 1.46. The molecule has 0 unspecified atom stereocenters. The van der Waals surface area contributed by atoms with Gasteiger partial charge in [0.1, 0.15) is 18.0 Å². The van der Waals surface area contributed by atoms with Gasteiger partial charge in [0, 0.05) is 22.8 Å². The van der Waals surface area contributed by atoms with Crippen molar-refractivity contribution in [3.05, 3.63) is 173 Å². The zero-order valence-corrected chi connectivity index (χ0v) is 49.7. The van der Waals surface area contributed by atoms with Gasteiger partial charge in [-0.2, -0.15) is 0 Å². The Morgan fingerprint density at radius 1 is 0.573 bits per heavy atom. The summed E-state index contributed by atoms with van der Waals surface area (Å²) >= 11 is 1.30. The maximum absolute atomic E-state index is 12.3. The maximum Gasteiger partial charge on any atom is 0.410 e. The predicted molar refractivity (Wildman–Crippen MR) is 304 cm³/mol. The van der Waals surface area contributed by atoms with Crippen LogP contribution in [0.15, 0.2) is 151 Å². The SMILES string of the molecule is CC(C)(C)OC(=O)N1CC[C@H]1COc1cnc[c]([Sn]([CH3])([CH3])[CH3])c1.CC(C)(C)OC(=O)N1CC[C@H]1COc1cncc(-c2cccc(C[C@H](O)Cc3ccccc3)c2)c1.O[C@H](Cc1ccccc1)Cc1cccc(Br)c1. The first-order valence-corrected chi connectivity index (χ1v) is 36.8. The minimum atomic E-state index is -2.13. The van der Waals surface area contributed by atoms with Crippen molar-refractivity contribution in [2.45, 2.75) is 130 Å². The second-order valence-electron chi connectivity index (χ2n) is 22.3. The van der Waals surface area contributed by atoms with Crippen LogP contribution in [0.2, 0.25) is 14.8 Å². The van der Waals surface area contributed by atoms with Crippen LogP contribution in [0.25, 0.3) is 11.1 Å². The number of amides is 2. The molecule has 0 aliphatic carbocycles. The number of likely N-dealkylation sites (tertiary alicyclic amines) is 2. The fraction of sp³-hybridized carbons (Fsp3) is 0.410.